The van der Waals surface area contributed by atoms with Crippen molar-refractivity contribution in [1.29, 1.82) is 0 Å². The average Bonchev–Trinajstić information content (AvgIpc) is 1.58. The Balaban J connectivity index is 1.12. The summed E-state index contributed by atoms with van der Waals surface area (Å²) in [5.74, 6) is -4.13. The van der Waals surface area contributed by atoms with Crippen LogP contribution in [0.3, 0.4) is 0 Å². The third-order valence-electron chi connectivity index (χ3n) is 17.6. The number of methoxy groups -OCH3 is 4. The van der Waals surface area contributed by atoms with Gasteiger partial charge in [0.25, 0.3) is 0 Å². The largest absolute Gasteiger partial charge is 0.457 e. The fourth-order valence-electron chi connectivity index (χ4n) is 11.6. The number of halogens is 1. The number of para-hydroxylation sites is 1. The quantitative estimate of drug-likeness (QED) is 0.0644. The number of rotatable bonds is 29. The van der Waals surface area contributed by atoms with Crippen LogP contribution in [0.25, 0.3) is 10.9 Å². The SMILES string of the molecule is CCN(C)Cc1cc2ccccc2n1CCC(=O)CCC(=O)N(CCOC)CC(=O)N(CCOC)CC(=O)N(CCOC)CCC(=O)N(C)[C@@H](C)C(=O)O[C@H]1CC(=O)N(C)c2cc(cc(C)c2Cl)C/C(C)=C/C=C/[C@@H](OC)[C@]2(O)C[C@H](OC(=O)N2)[C@@H](C)C2O[C@]21C. The van der Waals surface area contributed by atoms with E-state index in [1.54, 1.807) is 33.0 Å². The molecule has 8 atom stereocenters. The van der Waals surface area contributed by atoms with Gasteiger partial charge in [-0.1, -0.05) is 73.5 Å². The maximum absolute atomic E-state index is 14.5. The number of nitrogens with zero attached hydrogens (tertiary/aromatic N) is 7. The second-order valence-corrected chi connectivity index (χ2v) is 24.6. The molecule has 3 aliphatic rings. The minimum absolute atomic E-state index is 0.0123. The molecule has 24 nitrogen and oxygen atoms in total. The number of anilines is 1. The number of hydrogen-bond donors (Lipinski definition) is 2. The molecular weight excluding hydrogens is 1200 g/mol. The van der Waals surface area contributed by atoms with E-state index in [0.29, 0.717) is 30.2 Å². The van der Waals surface area contributed by atoms with Gasteiger partial charge in [0.1, 0.15) is 35.7 Å². The Kier molecular flexibility index (Phi) is 27.1. The summed E-state index contributed by atoms with van der Waals surface area (Å²) in [4.78, 5) is 121. The number of alkyl carbamates (subject to hydrolysis) is 1. The number of benzene rings is 2. The first-order chi connectivity index (χ1) is 43.2. The van der Waals surface area contributed by atoms with E-state index in [4.69, 9.17) is 44.8 Å². The third-order valence-corrected chi connectivity index (χ3v) is 18.1. The van der Waals surface area contributed by atoms with Crippen LogP contribution >= 0.6 is 11.6 Å². The van der Waals surface area contributed by atoms with Crippen molar-refractivity contribution in [3.63, 3.8) is 0 Å². The number of Topliss-reactive ketones (excluding diaryl/α,β-unsaturated/α-hetero) is 1. The Bertz CT molecular complexity index is 3120. The zero-order valence-corrected chi connectivity index (χ0v) is 56.0. The van der Waals surface area contributed by atoms with Crippen molar-refractivity contribution in [2.75, 3.05) is 120 Å². The Labute approximate surface area is 539 Å². The Hall–Kier alpha value is -6.77. The smallest absolute Gasteiger partial charge is 0.409 e. The van der Waals surface area contributed by atoms with Crippen molar-refractivity contribution in [2.24, 2.45) is 5.92 Å². The molecule has 2 aromatic carbocycles. The molecular formula is C66H95ClN8O16. The lowest BCUT2D eigenvalue weighted by molar-refractivity contribution is -0.162. The number of epoxide rings is 1. The van der Waals surface area contributed by atoms with Crippen molar-refractivity contribution >= 4 is 75.6 Å². The minimum atomic E-state index is -1.90. The predicted molar refractivity (Wildman–Crippen MR) is 342 cm³/mol. The number of carbonyl (C=O) groups is 8. The Morgan fingerprint density at radius 2 is 1.48 bits per heavy atom. The minimum Gasteiger partial charge on any atom is -0.457 e. The molecule has 3 aromatic rings. The maximum Gasteiger partial charge on any atom is 0.409 e. The molecule has 1 aromatic heterocycles. The molecule has 4 heterocycles. The van der Waals surface area contributed by atoms with Gasteiger partial charge in [-0.05, 0) is 82.4 Å². The predicted octanol–water partition coefficient (Wildman–Crippen LogP) is 5.48. The molecule has 6 amide bonds. The number of ether oxygens (including phenoxy) is 7. The number of amides is 6. The van der Waals surface area contributed by atoms with E-state index in [9.17, 15) is 43.5 Å². The number of hydrogen-bond acceptors (Lipinski definition) is 17. The van der Waals surface area contributed by atoms with Gasteiger partial charge in [0.15, 0.2) is 5.72 Å². The van der Waals surface area contributed by atoms with Crippen LogP contribution in [-0.2, 0) is 86.2 Å². The lowest BCUT2D eigenvalue weighted by Gasteiger charge is -2.42. The monoisotopic (exact) mass is 1290 g/mol. The normalized spacial score (nSPS) is 23.1. The summed E-state index contributed by atoms with van der Waals surface area (Å²) in [6.07, 6.45) is 0.123. The molecule has 0 aliphatic carbocycles. The highest BCUT2D eigenvalue weighted by molar-refractivity contribution is 6.34. The molecule has 2 fully saturated rings. The van der Waals surface area contributed by atoms with Gasteiger partial charge in [0.05, 0.1) is 56.1 Å². The Morgan fingerprint density at radius 1 is 0.846 bits per heavy atom. The standard InChI is InChI=1S/C66H95ClN8O16/c1-14-69(7)40-49-37-48-19-15-16-20-51(48)75(49)27-24-50(76)22-23-57(78)73(29-32-86-11)42-60(81)74(30-33-87-12)41-59(80)72(28-31-85-10)26-25-56(77)70(8)46(5)63(82)90-55-38-58(79)71(9)52-36-47(35-44(3)61(52)67)34-43(2)18-17-21-54(88-13)66(84)39-53(89-64(83)68-66)45(4)62-65(55,6)91-62/h15-21,35-37,45-46,53-55,62,84H,14,22-34,38-42H2,1-13H3,(H,68,83)/b21-17+,43-18+/t45-,46+,53+,54-,55+,62?,65+,66-/m1/s1. The van der Waals surface area contributed by atoms with Crippen LogP contribution in [0.2, 0.25) is 5.02 Å². The number of likely N-dealkylation sites (N-methyl/N-ethyl adjacent to an activating group) is 1. The molecule has 1 unspecified atom stereocenters. The van der Waals surface area contributed by atoms with E-state index in [2.05, 4.69) is 27.8 Å². The first kappa shape index (κ1) is 73.3. The van der Waals surface area contributed by atoms with Crippen LogP contribution < -0.4 is 10.2 Å². The van der Waals surface area contributed by atoms with Crippen LogP contribution in [0.1, 0.15) is 90.0 Å². The van der Waals surface area contributed by atoms with Crippen LogP contribution in [0.4, 0.5) is 10.5 Å². The third kappa shape index (κ3) is 19.4. The summed E-state index contributed by atoms with van der Waals surface area (Å²) in [5.41, 5.74) is 1.80. The number of aliphatic hydroxyl groups is 1. The first-order valence-corrected chi connectivity index (χ1v) is 31.4. The van der Waals surface area contributed by atoms with E-state index < -0.39 is 109 Å². The summed E-state index contributed by atoms with van der Waals surface area (Å²) < 4.78 is 42.1. The van der Waals surface area contributed by atoms with Crippen LogP contribution in [-0.4, -0.2) is 239 Å². The average molecular weight is 1290 g/mol. The summed E-state index contributed by atoms with van der Waals surface area (Å²) in [6.45, 7) is 12.1. The second-order valence-electron chi connectivity index (χ2n) is 24.2. The zero-order chi connectivity index (χ0) is 66.9. The molecule has 502 valence electrons. The van der Waals surface area contributed by atoms with Crippen molar-refractivity contribution < 1.29 is 76.6 Å². The van der Waals surface area contributed by atoms with Gasteiger partial charge >= 0.3 is 12.1 Å². The van der Waals surface area contributed by atoms with Crippen LogP contribution in [0.15, 0.2) is 66.3 Å². The molecule has 2 saturated heterocycles. The van der Waals surface area contributed by atoms with Crippen molar-refractivity contribution in [1.82, 2.24) is 34.4 Å². The van der Waals surface area contributed by atoms with Gasteiger partial charge < -0.3 is 72.2 Å². The summed E-state index contributed by atoms with van der Waals surface area (Å²) in [5, 5.41) is 15.9. The molecule has 25 heteroatoms. The molecule has 0 spiro atoms. The summed E-state index contributed by atoms with van der Waals surface area (Å²) in [6, 6.07) is 12.7. The lowest BCUT2D eigenvalue weighted by Crippen LogP contribution is -2.63. The van der Waals surface area contributed by atoms with E-state index >= 15 is 0 Å². The number of allylic oxidation sites excluding steroid dienone is 3. The van der Waals surface area contributed by atoms with Gasteiger partial charge in [-0.25, -0.2) is 9.59 Å². The fourth-order valence-corrected chi connectivity index (χ4v) is 11.8. The number of carbonyl (C=O) groups excluding carboxylic acids is 8. The number of esters is 1. The highest BCUT2D eigenvalue weighted by Gasteiger charge is 2.64. The van der Waals surface area contributed by atoms with E-state index in [1.807, 2.05) is 63.4 Å². The molecule has 4 bridgehead atoms. The molecule has 91 heavy (non-hydrogen) atoms. The molecule has 3 aliphatic heterocycles. The molecule has 0 radical (unpaired) electrons. The Morgan fingerprint density at radius 3 is 2.13 bits per heavy atom. The number of fused-ring (bicyclic) bond motifs is 6. The number of ketones is 1. The van der Waals surface area contributed by atoms with Gasteiger partial charge in [-0.15, -0.1) is 0 Å². The van der Waals surface area contributed by atoms with E-state index in [0.717, 1.165) is 39.8 Å². The van der Waals surface area contributed by atoms with Crippen LogP contribution in [0, 0.1) is 12.8 Å². The molecule has 2 N–H and O–H groups in total. The fraction of sp³-hybridized carbons (Fsp3) is 0.606. The van der Waals surface area contributed by atoms with E-state index in [1.165, 1.54) is 66.9 Å². The van der Waals surface area contributed by atoms with Crippen molar-refractivity contribution in [3.05, 3.63) is 88.1 Å². The van der Waals surface area contributed by atoms with Gasteiger partial charge in [-0.3, -0.25) is 34.1 Å². The van der Waals surface area contributed by atoms with Crippen LogP contribution in [0.5, 0.6) is 0 Å². The van der Waals surface area contributed by atoms with Gasteiger partial charge in [0.2, 0.25) is 29.5 Å². The van der Waals surface area contributed by atoms with Gasteiger partial charge in [-0.2, -0.15) is 0 Å². The topological polar surface area (TPSA) is 261 Å². The number of aryl methyl sites for hydroxylation is 2. The van der Waals surface area contributed by atoms with Crippen molar-refractivity contribution in [3.8, 4) is 0 Å². The maximum atomic E-state index is 14.5. The number of nitrogens with one attached hydrogen (secondary N) is 1. The summed E-state index contributed by atoms with van der Waals surface area (Å²) >= 11 is 6.88. The van der Waals surface area contributed by atoms with Crippen molar-refractivity contribution in [2.45, 2.75) is 141 Å². The first-order valence-electron chi connectivity index (χ1n) is 31.1. The highest BCUT2D eigenvalue weighted by Crippen LogP contribution is 2.49. The number of aromatic nitrogens is 1. The second kappa shape index (κ2) is 33.7. The molecule has 0 saturated carbocycles. The highest BCUT2D eigenvalue weighted by atomic mass is 35.5. The zero-order valence-electron chi connectivity index (χ0n) is 55.3. The summed E-state index contributed by atoms with van der Waals surface area (Å²) in [7, 11) is 10.8. The van der Waals surface area contributed by atoms with Gasteiger partial charge in [0, 0.05) is 131 Å². The lowest BCUT2D eigenvalue weighted by atomic mass is 9.83. The van der Waals surface area contributed by atoms with E-state index in [-0.39, 0.29) is 83.9 Å². The molecule has 6 rings (SSSR count).